The molecule has 2 atom stereocenters. The van der Waals surface area contributed by atoms with Crippen molar-refractivity contribution < 1.29 is 9.53 Å². The third-order valence-corrected chi connectivity index (χ3v) is 5.56. The van der Waals surface area contributed by atoms with Gasteiger partial charge < -0.3 is 4.74 Å². The molecule has 2 fully saturated rings. The predicted octanol–water partition coefficient (Wildman–Crippen LogP) is 3.11. The van der Waals surface area contributed by atoms with E-state index in [-0.39, 0.29) is 11.7 Å². The van der Waals surface area contributed by atoms with Crippen molar-refractivity contribution in [2.45, 2.75) is 44.3 Å². The molecule has 0 N–H and O–H groups in total. The van der Waals surface area contributed by atoms with Gasteiger partial charge in [0.05, 0.1) is 7.11 Å². The summed E-state index contributed by atoms with van der Waals surface area (Å²) in [6.07, 6.45) is 4.23. The molecule has 1 aromatic heterocycles. The number of benzene rings is 1. The van der Waals surface area contributed by atoms with Crippen LogP contribution >= 0.6 is 0 Å². The summed E-state index contributed by atoms with van der Waals surface area (Å²) >= 11 is 0. The number of fused-ring (bicyclic) bond motifs is 2. The fraction of sp³-hybridized carbons (Fsp3) is 0.450. The Morgan fingerprint density at radius 2 is 1.80 bits per heavy atom. The Labute approximate surface area is 148 Å². The average Bonchev–Trinajstić information content (AvgIpc) is 2.90. The highest BCUT2D eigenvalue weighted by atomic mass is 16.5. The quantitative estimate of drug-likeness (QED) is 0.785. The zero-order valence-corrected chi connectivity index (χ0v) is 14.5. The topological polar surface area (TPSA) is 55.3 Å². The number of piperidine rings is 1. The van der Waals surface area contributed by atoms with Crippen molar-refractivity contribution in [3.63, 3.8) is 0 Å². The van der Waals surface area contributed by atoms with Crippen LogP contribution in [0.2, 0.25) is 0 Å². The van der Waals surface area contributed by atoms with E-state index in [2.05, 4.69) is 45.4 Å². The van der Waals surface area contributed by atoms with Gasteiger partial charge in [0.25, 0.3) is 0 Å². The Bertz CT molecular complexity index is 718. The maximum absolute atomic E-state index is 12.8. The Morgan fingerprint density at radius 1 is 1.08 bits per heavy atom. The molecule has 5 heteroatoms. The van der Waals surface area contributed by atoms with Crippen molar-refractivity contribution in [1.82, 2.24) is 15.1 Å². The Morgan fingerprint density at radius 3 is 2.40 bits per heavy atom. The lowest BCUT2D eigenvalue weighted by Gasteiger charge is -2.38. The highest BCUT2D eigenvalue weighted by Gasteiger charge is 2.43. The van der Waals surface area contributed by atoms with Crippen molar-refractivity contribution in [3.05, 3.63) is 53.7 Å². The molecule has 130 valence electrons. The first-order chi connectivity index (χ1) is 12.2. The van der Waals surface area contributed by atoms with Crippen LogP contribution in [0.25, 0.3) is 0 Å². The van der Waals surface area contributed by atoms with E-state index in [1.54, 1.807) is 19.2 Å². The first-order valence-electron chi connectivity index (χ1n) is 8.96. The molecule has 2 aliphatic rings. The molecule has 2 aromatic rings. The second-order valence-corrected chi connectivity index (χ2v) is 7.04. The van der Waals surface area contributed by atoms with Gasteiger partial charge in [0.2, 0.25) is 5.88 Å². The zero-order chi connectivity index (χ0) is 17.2. The molecule has 3 heterocycles. The monoisotopic (exact) mass is 337 g/mol. The Kier molecular flexibility index (Phi) is 4.49. The number of ether oxygens (including phenoxy) is 1. The summed E-state index contributed by atoms with van der Waals surface area (Å²) in [5, 5.41) is 7.98. The third-order valence-electron chi connectivity index (χ3n) is 5.56. The van der Waals surface area contributed by atoms with Crippen LogP contribution in [0.5, 0.6) is 5.88 Å². The summed E-state index contributed by atoms with van der Waals surface area (Å²) in [5.74, 6) is 0.632. The molecule has 2 aliphatic heterocycles. The summed E-state index contributed by atoms with van der Waals surface area (Å²) in [6, 6.07) is 15.0. The number of ketones is 1. The predicted molar refractivity (Wildman–Crippen MR) is 94.4 cm³/mol. The first-order valence-corrected chi connectivity index (χ1v) is 8.96. The summed E-state index contributed by atoms with van der Waals surface area (Å²) in [5.41, 5.74) is 1.81. The van der Waals surface area contributed by atoms with Gasteiger partial charge >= 0.3 is 0 Å². The number of rotatable bonds is 5. The Balaban J connectivity index is 1.44. The lowest BCUT2D eigenvalue weighted by atomic mass is 9.86. The molecule has 4 rings (SSSR count). The van der Waals surface area contributed by atoms with E-state index in [9.17, 15) is 4.79 Å². The minimum atomic E-state index is 0.0622. The third kappa shape index (κ3) is 3.29. The van der Waals surface area contributed by atoms with Crippen molar-refractivity contribution in [3.8, 4) is 5.88 Å². The standard InChI is InChI=1S/C20H23N3O2/c1-25-19-10-9-18(21-22-19)20(24)15-11-16-7-8-17(12-15)23(16)13-14-5-3-2-4-6-14/h2-6,9-10,15-17H,7-8,11-13H2,1H3. The highest BCUT2D eigenvalue weighted by Crippen LogP contribution is 2.40. The lowest BCUT2D eigenvalue weighted by molar-refractivity contribution is 0.0673. The van der Waals surface area contributed by atoms with Crippen LogP contribution in [-0.4, -0.2) is 40.1 Å². The van der Waals surface area contributed by atoms with Crippen molar-refractivity contribution in [2.75, 3.05) is 7.11 Å². The minimum Gasteiger partial charge on any atom is -0.480 e. The van der Waals surface area contributed by atoms with E-state index in [1.807, 2.05) is 0 Å². The van der Waals surface area contributed by atoms with E-state index in [1.165, 1.54) is 18.4 Å². The van der Waals surface area contributed by atoms with Crippen LogP contribution in [0, 0.1) is 5.92 Å². The number of Topliss-reactive ketones (excluding diaryl/α,β-unsaturated/α-hetero) is 1. The average molecular weight is 337 g/mol. The molecule has 2 bridgehead atoms. The number of carbonyl (C=O) groups excluding carboxylic acids is 1. The maximum Gasteiger partial charge on any atom is 0.233 e. The van der Waals surface area contributed by atoms with E-state index in [0.717, 1.165) is 19.4 Å². The van der Waals surface area contributed by atoms with Gasteiger partial charge in [-0.25, -0.2) is 0 Å². The summed E-state index contributed by atoms with van der Waals surface area (Å²) in [6.45, 7) is 0.986. The smallest absolute Gasteiger partial charge is 0.233 e. The van der Waals surface area contributed by atoms with E-state index in [0.29, 0.717) is 23.7 Å². The number of methoxy groups -OCH3 is 1. The molecule has 0 aliphatic carbocycles. The molecule has 25 heavy (non-hydrogen) atoms. The molecule has 0 amide bonds. The van der Waals surface area contributed by atoms with Gasteiger partial charge in [-0.2, -0.15) is 0 Å². The summed E-state index contributed by atoms with van der Waals surface area (Å²) in [4.78, 5) is 15.4. The van der Waals surface area contributed by atoms with Crippen LogP contribution in [0.1, 0.15) is 41.7 Å². The van der Waals surface area contributed by atoms with Crippen LogP contribution in [-0.2, 0) is 6.54 Å². The van der Waals surface area contributed by atoms with Gasteiger partial charge in [-0.15, -0.1) is 10.2 Å². The van der Waals surface area contributed by atoms with Gasteiger partial charge in [0.15, 0.2) is 5.78 Å². The molecule has 0 radical (unpaired) electrons. The number of hydrogen-bond acceptors (Lipinski definition) is 5. The minimum absolute atomic E-state index is 0.0622. The molecule has 0 saturated carbocycles. The molecule has 0 spiro atoms. The van der Waals surface area contributed by atoms with Crippen LogP contribution in [0.15, 0.2) is 42.5 Å². The second-order valence-electron chi connectivity index (χ2n) is 7.04. The van der Waals surface area contributed by atoms with Gasteiger partial charge in [-0.05, 0) is 37.3 Å². The number of hydrogen-bond donors (Lipinski definition) is 0. The Hall–Kier alpha value is -2.27. The number of carbonyl (C=O) groups is 1. The first kappa shape index (κ1) is 16.2. The van der Waals surface area contributed by atoms with Crippen LogP contribution in [0.4, 0.5) is 0 Å². The molecular formula is C20H23N3O2. The summed E-state index contributed by atoms with van der Waals surface area (Å²) < 4.78 is 5.02. The normalized spacial score (nSPS) is 25.7. The maximum atomic E-state index is 12.8. The second kappa shape index (κ2) is 6.92. The molecule has 1 aromatic carbocycles. The SMILES string of the molecule is COc1ccc(C(=O)C2CC3CCC(C2)N3Cc2ccccc2)nn1. The van der Waals surface area contributed by atoms with Gasteiger partial charge in [0, 0.05) is 30.6 Å². The van der Waals surface area contributed by atoms with Crippen LogP contribution < -0.4 is 4.74 Å². The molecule has 5 nitrogen and oxygen atoms in total. The van der Waals surface area contributed by atoms with Crippen molar-refractivity contribution >= 4 is 5.78 Å². The van der Waals surface area contributed by atoms with E-state index >= 15 is 0 Å². The van der Waals surface area contributed by atoms with E-state index < -0.39 is 0 Å². The van der Waals surface area contributed by atoms with Crippen molar-refractivity contribution in [1.29, 1.82) is 0 Å². The molecule has 2 unspecified atom stereocenters. The largest absolute Gasteiger partial charge is 0.480 e. The fourth-order valence-electron chi connectivity index (χ4n) is 4.31. The summed E-state index contributed by atoms with van der Waals surface area (Å²) in [7, 11) is 1.55. The van der Waals surface area contributed by atoms with Gasteiger partial charge in [-0.1, -0.05) is 30.3 Å². The molecule has 2 saturated heterocycles. The zero-order valence-electron chi connectivity index (χ0n) is 14.5. The van der Waals surface area contributed by atoms with E-state index in [4.69, 9.17) is 4.74 Å². The van der Waals surface area contributed by atoms with Crippen molar-refractivity contribution in [2.24, 2.45) is 5.92 Å². The van der Waals surface area contributed by atoms with Gasteiger partial charge in [-0.3, -0.25) is 9.69 Å². The van der Waals surface area contributed by atoms with Crippen LogP contribution in [0.3, 0.4) is 0 Å². The van der Waals surface area contributed by atoms with Gasteiger partial charge in [0.1, 0.15) is 5.69 Å². The lowest BCUT2D eigenvalue weighted by Crippen LogP contribution is -2.44. The fourth-order valence-corrected chi connectivity index (χ4v) is 4.31. The highest BCUT2D eigenvalue weighted by molar-refractivity contribution is 5.96. The number of nitrogens with zero attached hydrogens (tertiary/aromatic N) is 3. The molecular weight excluding hydrogens is 314 g/mol. The number of aromatic nitrogens is 2.